The third-order valence-electron chi connectivity index (χ3n) is 3.38. The molecule has 3 nitrogen and oxygen atoms in total. The monoisotopic (exact) mass is 253 g/mol. The second-order valence-corrected chi connectivity index (χ2v) is 6.24. The van der Waals surface area contributed by atoms with Gasteiger partial charge in [-0.05, 0) is 40.2 Å². The van der Waals surface area contributed by atoms with Gasteiger partial charge in [0.25, 0.3) is 0 Å². The number of aryl methyl sites for hydroxylation is 1. The van der Waals surface area contributed by atoms with E-state index in [2.05, 4.69) is 41.4 Å². The van der Waals surface area contributed by atoms with Gasteiger partial charge in [0.2, 0.25) is 0 Å². The fourth-order valence-corrected chi connectivity index (χ4v) is 2.95. The van der Waals surface area contributed by atoms with Crippen molar-refractivity contribution in [3.05, 3.63) is 16.1 Å². The van der Waals surface area contributed by atoms with Crippen LogP contribution in [0.15, 0.2) is 5.38 Å². The lowest BCUT2D eigenvalue weighted by Crippen LogP contribution is -2.40. The van der Waals surface area contributed by atoms with Crippen LogP contribution in [0, 0.1) is 6.92 Å². The summed E-state index contributed by atoms with van der Waals surface area (Å²) >= 11 is 1.75. The van der Waals surface area contributed by atoms with Crippen molar-refractivity contribution in [3.63, 3.8) is 0 Å². The van der Waals surface area contributed by atoms with E-state index in [1.54, 1.807) is 11.3 Å². The van der Waals surface area contributed by atoms with Crippen molar-refractivity contribution in [1.29, 1.82) is 0 Å². The topological polar surface area (TPSA) is 28.2 Å². The highest BCUT2D eigenvalue weighted by molar-refractivity contribution is 7.09. The average molecular weight is 253 g/mol. The highest BCUT2D eigenvalue weighted by Crippen LogP contribution is 2.15. The van der Waals surface area contributed by atoms with E-state index in [4.69, 9.17) is 0 Å². The molecule has 1 fully saturated rings. The first-order chi connectivity index (χ1) is 8.15. The smallest absolute Gasteiger partial charge is 0.0897 e. The molecule has 1 aromatic heterocycles. The minimum absolute atomic E-state index is 0.583. The molecule has 1 aromatic rings. The van der Waals surface area contributed by atoms with Crippen LogP contribution < -0.4 is 5.32 Å². The summed E-state index contributed by atoms with van der Waals surface area (Å²) in [5.74, 6) is 0. The van der Waals surface area contributed by atoms with Gasteiger partial charge < -0.3 is 5.32 Å². The lowest BCUT2D eigenvalue weighted by molar-refractivity contribution is 0.192. The molecule has 96 valence electrons. The highest BCUT2D eigenvalue weighted by Gasteiger charge is 2.20. The molecule has 1 aliphatic heterocycles. The van der Waals surface area contributed by atoms with Crippen LogP contribution in [-0.2, 0) is 6.54 Å². The number of hydrogen-bond donors (Lipinski definition) is 1. The number of aromatic nitrogens is 1. The molecule has 1 N–H and O–H groups in total. The Labute approximate surface area is 108 Å². The number of thiazole rings is 1. The van der Waals surface area contributed by atoms with Gasteiger partial charge in [0, 0.05) is 30.6 Å². The fourth-order valence-electron chi connectivity index (χ4n) is 2.34. The lowest BCUT2D eigenvalue weighted by Gasteiger charge is -2.28. The molecular weight excluding hydrogens is 230 g/mol. The molecule has 0 aromatic carbocycles. The summed E-state index contributed by atoms with van der Waals surface area (Å²) in [7, 11) is 0. The van der Waals surface area contributed by atoms with Crippen LogP contribution in [0.3, 0.4) is 0 Å². The molecule has 17 heavy (non-hydrogen) atoms. The zero-order valence-corrected chi connectivity index (χ0v) is 11.9. The van der Waals surface area contributed by atoms with Crippen molar-refractivity contribution in [2.24, 2.45) is 0 Å². The molecule has 1 atom stereocenters. The first-order valence-electron chi connectivity index (χ1n) is 6.53. The lowest BCUT2D eigenvalue weighted by atomic mass is 10.2. The van der Waals surface area contributed by atoms with Gasteiger partial charge in [-0.3, -0.25) is 4.90 Å². The Morgan fingerprint density at radius 2 is 2.41 bits per heavy atom. The van der Waals surface area contributed by atoms with Gasteiger partial charge in [0.05, 0.1) is 10.7 Å². The Morgan fingerprint density at radius 1 is 1.59 bits per heavy atom. The van der Waals surface area contributed by atoms with Crippen molar-refractivity contribution in [1.82, 2.24) is 15.2 Å². The summed E-state index contributed by atoms with van der Waals surface area (Å²) in [5, 5.41) is 6.93. The van der Waals surface area contributed by atoms with Crippen LogP contribution in [0.5, 0.6) is 0 Å². The van der Waals surface area contributed by atoms with E-state index in [1.165, 1.54) is 30.1 Å². The van der Waals surface area contributed by atoms with Crippen molar-refractivity contribution in [3.8, 4) is 0 Å². The standard InChI is InChI=1S/C13H23N3S/c1-10(2)16(7-12-5-4-6-14-12)8-13-9-17-11(3)15-13/h9-10,12,14H,4-8H2,1-3H3. The summed E-state index contributed by atoms with van der Waals surface area (Å²) < 4.78 is 0. The van der Waals surface area contributed by atoms with Crippen molar-refractivity contribution in [2.75, 3.05) is 13.1 Å². The van der Waals surface area contributed by atoms with E-state index >= 15 is 0 Å². The van der Waals surface area contributed by atoms with Gasteiger partial charge in [-0.2, -0.15) is 0 Å². The molecule has 0 radical (unpaired) electrons. The molecule has 0 bridgehead atoms. The van der Waals surface area contributed by atoms with E-state index in [0.717, 1.165) is 13.1 Å². The Bertz CT molecular complexity index is 342. The molecule has 0 aliphatic carbocycles. The van der Waals surface area contributed by atoms with E-state index < -0.39 is 0 Å². The van der Waals surface area contributed by atoms with Crippen LogP contribution >= 0.6 is 11.3 Å². The molecule has 0 amide bonds. The van der Waals surface area contributed by atoms with Crippen molar-refractivity contribution >= 4 is 11.3 Å². The van der Waals surface area contributed by atoms with Gasteiger partial charge in [0.15, 0.2) is 0 Å². The average Bonchev–Trinajstić information content (AvgIpc) is 2.89. The first kappa shape index (κ1) is 13.0. The summed E-state index contributed by atoms with van der Waals surface area (Å²) in [6.45, 7) is 9.94. The van der Waals surface area contributed by atoms with E-state index in [1.807, 2.05) is 0 Å². The normalized spacial score (nSPS) is 20.6. The minimum Gasteiger partial charge on any atom is -0.313 e. The largest absolute Gasteiger partial charge is 0.313 e. The molecule has 2 rings (SSSR count). The van der Waals surface area contributed by atoms with Crippen molar-refractivity contribution < 1.29 is 0 Å². The third kappa shape index (κ3) is 3.76. The zero-order valence-electron chi connectivity index (χ0n) is 11.1. The highest BCUT2D eigenvalue weighted by atomic mass is 32.1. The Kier molecular flexibility index (Phi) is 4.54. The van der Waals surface area contributed by atoms with E-state index in [9.17, 15) is 0 Å². The quantitative estimate of drug-likeness (QED) is 0.873. The van der Waals surface area contributed by atoms with Crippen LogP contribution in [0.4, 0.5) is 0 Å². The minimum atomic E-state index is 0.583. The molecule has 2 heterocycles. The molecular formula is C13H23N3S. The van der Waals surface area contributed by atoms with Crippen LogP contribution in [0.2, 0.25) is 0 Å². The van der Waals surface area contributed by atoms with Gasteiger partial charge in [-0.25, -0.2) is 4.98 Å². The van der Waals surface area contributed by atoms with Crippen LogP contribution in [0.25, 0.3) is 0 Å². The maximum Gasteiger partial charge on any atom is 0.0897 e. The predicted molar refractivity (Wildman–Crippen MR) is 73.4 cm³/mol. The number of nitrogens with zero attached hydrogens (tertiary/aromatic N) is 2. The van der Waals surface area contributed by atoms with Crippen molar-refractivity contribution in [2.45, 2.75) is 52.2 Å². The molecule has 1 aliphatic rings. The Balaban J connectivity index is 1.92. The number of nitrogens with one attached hydrogen (secondary N) is 1. The maximum absolute atomic E-state index is 4.56. The van der Waals surface area contributed by atoms with Gasteiger partial charge in [0.1, 0.15) is 0 Å². The summed E-state index contributed by atoms with van der Waals surface area (Å²) in [6.07, 6.45) is 2.64. The second-order valence-electron chi connectivity index (χ2n) is 5.17. The third-order valence-corrected chi connectivity index (χ3v) is 4.20. The Hall–Kier alpha value is -0.450. The maximum atomic E-state index is 4.56. The number of hydrogen-bond acceptors (Lipinski definition) is 4. The van der Waals surface area contributed by atoms with Crippen LogP contribution in [-0.4, -0.2) is 35.1 Å². The zero-order chi connectivity index (χ0) is 12.3. The molecule has 1 unspecified atom stereocenters. The second kappa shape index (κ2) is 5.94. The summed E-state index contributed by atoms with van der Waals surface area (Å²) in [5.41, 5.74) is 1.22. The number of rotatable bonds is 5. The molecule has 4 heteroatoms. The van der Waals surface area contributed by atoms with Gasteiger partial charge in [-0.1, -0.05) is 0 Å². The SMILES string of the molecule is Cc1nc(CN(CC2CCCN2)C(C)C)cs1. The van der Waals surface area contributed by atoms with Gasteiger partial charge in [-0.15, -0.1) is 11.3 Å². The fraction of sp³-hybridized carbons (Fsp3) is 0.769. The van der Waals surface area contributed by atoms with E-state index in [-0.39, 0.29) is 0 Å². The van der Waals surface area contributed by atoms with Crippen LogP contribution in [0.1, 0.15) is 37.4 Å². The van der Waals surface area contributed by atoms with Gasteiger partial charge >= 0.3 is 0 Å². The summed E-state index contributed by atoms with van der Waals surface area (Å²) in [4.78, 5) is 7.09. The molecule has 0 saturated carbocycles. The van der Waals surface area contributed by atoms with E-state index in [0.29, 0.717) is 12.1 Å². The Morgan fingerprint density at radius 3 is 2.94 bits per heavy atom. The predicted octanol–water partition coefficient (Wildman–Crippen LogP) is 2.41. The molecule has 0 spiro atoms. The first-order valence-corrected chi connectivity index (χ1v) is 7.41. The summed E-state index contributed by atoms with van der Waals surface area (Å²) in [6, 6.07) is 1.26. The molecule has 1 saturated heterocycles.